The van der Waals surface area contributed by atoms with Gasteiger partial charge in [-0.1, -0.05) is 92.7 Å². The largest absolute Gasteiger partial charge is 0.399 e. The molecule has 4 N–H and O–H groups in total. The second kappa shape index (κ2) is 16.3. The Labute approximate surface area is 153 Å². The van der Waals surface area contributed by atoms with Crippen molar-refractivity contribution in [2.24, 2.45) is 5.73 Å². The van der Waals surface area contributed by atoms with E-state index in [0.29, 0.717) is 0 Å². The molecule has 0 bridgehead atoms. The van der Waals surface area contributed by atoms with Gasteiger partial charge in [0.1, 0.15) is 0 Å². The van der Waals surface area contributed by atoms with Crippen LogP contribution in [0.3, 0.4) is 0 Å². The molecule has 0 spiro atoms. The van der Waals surface area contributed by atoms with E-state index in [-0.39, 0.29) is 0 Å². The number of nitrogen functional groups attached to an aromatic ring is 1. The molecular weight excluding hydrogens is 304 g/mol. The molecule has 25 heavy (non-hydrogen) atoms. The first-order chi connectivity index (χ1) is 12.3. The Hall–Kier alpha value is -2.58. The van der Waals surface area contributed by atoms with Gasteiger partial charge in [0.05, 0.1) is 0 Å². The predicted molar refractivity (Wildman–Crippen MR) is 113 cm³/mol. The summed E-state index contributed by atoms with van der Waals surface area (Å²) in [7, 11) is 1.50. The van der Waals surface area contributed by atoms with Gasteiger partial charge in [-0.15, -0.1) is 0 Å². The summed E-state index contributed by atoms with van der Waals surface area (Å²) in [6.07, 6.45) is 2.28. The van der Waals surface area contributed by atoms with Gasteiger partial charge >= 0.3 is 0 Å². The molecule has 0 saturated heterocycles. The van der Waals surface area contributed by atoms with E-state index in [1.165, 1.54) is 18.2 Å². The van der Waals surface area contributed by atoms with Crippen LogP contribution in [0.2, 0.25) is 0 Å². The lowest BCUT2D eigenvalue weighted by Crippen LogP contribution is -1.79. The van der Waals surface area contributed by atoms with Crippen molar-refractivity contribution in [2.45, 2.75) is 26.7 Å². The van der Waals surface area contributed by atoms with Gasteiger partial charge in [-0.3, -0.25) is 0 Å². The van der Waals surface area contributed by atoms with Crippen LogP contribution >= 0.6 is 0 Å². The quantitative estimate of drug-likeness (QED) is 0.620. The summed E-state index contributed by atoms with van der Waals surface area (Å²) in [4.78, 5) is 0. The summed E-state index contributed by atoms with van der Waals surface area (Å²) < 4.78 is 0. The maximum atomic E-state index is 5.36. The fourth-order valence-electron chi connectivity index (χ4n) is 1.88. The van der Waals surface area contributed by atoms with E-state index in [9.17, 15) is 0 Å². The molecule has 3 aromatic carbocycles. The van der Waals surface area contributed by atoms with Gasteiger partial charge in [-0.2, -0.15) is 0 Å². The second-order valence-electron chi connectivity index (χ2n) is 5.09. The van der Waals surface area contributed by atoms with Crippen LogP contribution < -0.4 is 11.5 Å². The number of nitrogens with two attached hydrogens (primary N) is 2. The molecular formula is C23H32N2. The third-order valence-corrected chi connectivity index (χ3v) is 3.30. The first-order valence-corrected chi connectivity index (χ1v) is 8.72. The first kappa shape index (κ1) is 22.4. The van der Waals surface area contributed by atoms with E-state index in [0.717, 1.165) is 18.5 Å². The van der Waals surface area contributed by atoms with Crippen molar-refractivity contribution in [3.63, 3.8) is 0 Å². The zero-order valence-corrected chi connectivity index (χ0v) is 15.7. The highest BCUT2D eigenvalue weighted by Crippen LogP contribution is 1.98. The highest BCUT2D eigenvalue weighted by atomic mass is 14.5. The molecule has 0 aliphatic heterocycles. The topological polar surface area (TPSA) is 52.0 Å². The third-order valence-electron chi connectivity index (χ3n) is 3.30. The third kappa shape index (κ3) is 12.5. The maximum Gasteiger partial charge on any atom is 0.0313 e. The van der Waals surface area contributed by atoms with Crippen LogP contribution in [-0.4, -0.2) is 7.05 Å². The number of hydrogen-bond donors (Lipinski definition) is 2. The van der Waals surface area contributed by atoms with Crippen molar-refractivity contribution in [3.05, 3.63) is 102 Å². The van der Waals surface area contributed by atoms with E-state index in [1.807, 2.05) is 42.5 Å². The van der Waals surface area contributed by atoms with Gasteiger partial charge in [0, 0.05) is 5.69 Å². The van der Waals surface area contributed by atoms with Crippen LogP contribution in [0.1, 0.15) is 25.0 Å². The van der Waals surface area contributed by atoms with Crippen LogP contribution in [0.15, 0.2) is 91.0 Å². The summed E-state index contributed by atoms with van der Waals surface area (Å²) in [5, 5.41) is 0. The standard InChI is InChI=1S/2C8H10.C6H7N.CH5N/c2*1-2-8-6-4-3-5-7-8;7-6-4-2-1-3-5-6;1-2/h2*3-7H,2H2,1H3;1-5H,7H2;2H2,1H3. The molecule has 2 nitrogen and oxygen atoms in total. The number of benzene rings is 3. The summed E-state index contributed by atoms with van der Waals surface area (Å²) in [5.41, 5.74) is 13.5. The second-order valence-corrected chi connectivity index (χ2v) is 5.09. The SMILES string of the molecule is CCc1ccccc1.CCc1ccccc1.CN.Nc1ccccc1. The average molecular weight is 337 g/mol. The van der Waals surface area contributed by atoms with Crippen molar-refractivity contribution < 1.29 is 0 Å². The lowest BCUT2D eigenvalue weighted by molar-refractivity contribution is 1.14. The molecule has 0 aliphatic rings. The smallest absolute Gasteiger partial charge is 0.0313 e. The van der Waals surface area contributed by atoms with Crippen molar-refractivity contribution >= 4 is 5.69 Å². The molecule has 2 heteroatoms. The Morgan fingerprint density at radius 2 is 0.800 bits per heavy atom. The van der Waals surface area contributed by atoms with Crippen molar-refractivity contribution in [1.82, 2.24) is 0 Å². The van der Waals surface area contributed by atoms with Crippen molar-refractivity contribution in [2.75, 3.05) is 12.8 Å². The van der Waals surface area contributed by atoms with Crippen molar-refractivity contribution in [1.29, 1.82) is 0 Å². The molecule has 3 rings (SSSR count). The first-order valence-electron chi connectivity index (χ1n) is 8.72. The zero-order chi connectivity index (χ0) is 18.8. The fourth-order valence-corrected chi connectivity index (χ4v) is 1.88. The van der Waals surface area contributed by atoms with E-state index >= 15 is 0 Å². The molecule has 0 aromatic heterocycles. The minimum Gasteiger partial charge on any atom is -0.399 e. The Morgan fingerprint density at radius 3 is 0.960 bits per heavy atom. The number of anilines is 1. The average Bonchev–Trinajstić information content (AvgIpc) is 2.72. The van der Waals surface area contributed by atoms with E-state index in [4.69, 9.17) is 5.73 Å². The van der Waals surface area contributed by atoms with Gasteiger partial charge < -0.3 is 11.5 Å². The summed E-state index contributed by atoms with van der Waals surface area (Å²) in [5.74, 6) is 0. The van der Waals surface area contributed by atoms with Crippen LogP contribution in [0.4, 0.5) is 5.69 Å². The molecule has 0 radical (unpaired) electrons. The number of aryl methyl sites for hydroxylation is 2. The number of rotatable bonds is 2. The minimum atomic E-state index is 0.822. The molecule has 0 saturated carbocycles. The Kier molecular flexibility index (Phi) is 14.6. The summed E-state index contributed by atoms with van der Waals surface area (Å²) in [6, 6.07) is 30.4. The maximum absolute atomic E-state index is 5.36. The Balaban J connectivity index is 0.000000330. The molecule has 0 aliphatic carbocycles. The molecule has 0 fully saturated rings. The molecule has 0 amide bonds. The van der Waals surface area contributed by atoms with Gasteiger partial charge in [-0.25, -0.2) is 0 Å². The lowest BCUT2D eigenvalue weighted by atomic mass is 10.2. The normalized spacial score (nSPS) is 8.48. The Bertz CT molecular complexity index is 568. The molecule has 3 aromatic rings. The number of para-hydroxylation sites is 1. The van der Waals surface area contributed by atoms with Gasteiger partial charge in [-0.05, 0) is 43.1 Å². The Morgan fingerprint density at radius 1 is 0.520 bits per heavy atom. The zero-order valence-electron chi connectivity index (χ0n) is 15.7. The van der Waals surface area contributed by atoms with Crippen LogP contribution in [0.25, 0.3) is 0 Å². The molecule has 0 atom stereocenters. The molecule has 0 heterocycles. The van der Waals surface area contributed by atoms with E-state index < -0.39 is 0 Å². The van der Waals surface area contributed by atoms with Gasteiger partial charge in [0.2, 0.25) is 0 Å². The molecule has 134 valence electrons. The predicted octanol–water partition coefficient (Wildman–Crippen LogP) is 5.34. The van der Waals surface area contributed by atoms with Crippen LogP contribution in [-0.2, 0) is 12.8 Å². The monoisotopic (exact) mass is 336 g/mol. The van der Waals surface area contributed by atoms with Gasteiger partial charge in [0.25, 0.3) is 0 Å². The number of hydrogen-bond acceptors (Lipinski definition) is 2. The summed E-state index contributed by atoms with van der Waals surface area (Å²) >= 11 is 0. The lowest BCUT2D eigenvalue weighted by Gasteiger charge is -1.89. The van der Waals surface area contributed by atoms with Crippen LogP contribution in [0.5, 0.6) is 0 Å². The van der Waals surface area contributed by atoms with Gasteiger partial charge in [0.15, 0.2) is 0 Å². The molecule has 0 unspecified atom stereocenters. The highest BCUT2D eigenvalue weighted by molar-refractivity contribution is 5.35. The fraction of sp³-hybridized carbons (Fsp3) is 0.217. The van der Waals surface area contributed by atoms with E-state index in [2.05, 4.69) is 68.1 Å². The highest BCUT2D eigenvalue weighted by Gasteiger charge is 1.80. The summed E-state index contributed by atoms with van der Waals surface area (Å²) in [6.45, 7) is 4.32. The minimum absolute atomic E-state index is 0.822. The van der Waals surface area contributed by atoms with E-state index in [1.54, 1.807) is 0 Å². The van der Waals surface area contributed by atoms with Crippen LogP contribution in [0, 0.1) is 0 Å². The van der Waals surface area contributed by atoms with Crippen molar-refractivity contribution in [3.8, 4) is 0 Å².